The number of imidazole rings is 1. The summed E-state index contributed by atoms with van der Waals surface area (Å²) in [7, 11) is 1.97. The summed E-state index contributed by atoms with van der Waals surface area (Å²) in [5.74, 6) is 0.798. The lowest BCUT2D eigenvalue weighted by atomic mass is 10.3. The molecule has 2 aromatic rings. The molecule has 0 fully saturated rings. The highest BCUT2D eigenvalue weighted by molar-refractivity contribution is 5.85. The van der Waals surface area contributed by atoms with Crippen molar-refractivity contribution in [2.75, 3.05) is 25.1 Å². The van der Waals surface area contributed by atoms with Crippen LogP contribution in [0.4, 0.5) is 5.82 Å². The number of nitrogens with zero attached hydrogens (tertiary/aromatic N) is 3. The van der Waals surface area contributed by atoms with Gasteiger partial charge < -0.3 is 14.6 Å². The maximum absolute atomic E-state index is 5.42. The van der Waals surface area contributed by atoms with Crippen LogP contribution in [0.1, 0.15) is 6.92 Å². The van der Waals surface area contributed by atoms with E-state index in [1.807, 2.05) is 24.6 Å². The third-order valence-electron chi connectivity index (χ3n) is 2.53. The standard InChI is InChI=1S/C13H18N4O/c1-10(2)8-18-7-6-15-13-12-11(4-5-14-13)17(3)9-16-12/h4-5,9H,1,6-8H2,2-3H3,(H,14,15). The summed E-state index contributed by atoms with van der Waals surface area (Å²) >= 11 is 0. The second kappa shape index (κ2) is 5.64. The maximum Gasteiger partial charge on any atom is 0.154 e. The fourth-order valence-electron chi connectivity index (χ4n) is 1.68. The molecule has 2 rings (SSSR count). The van der Waals surface area contributed by atoms with E-state index in [0.717, 1.165) is 22.4 Å². The Hall–Kier alpha value is -1.88. The van der Waals surface area contributed by atoms with Crippen LogP contribution < -0.4 is 5.32 Å². The van der Waals surface area contributed by atoms with Gasteiger partial charge in [-0.2, -0.15) is 0 Å². The molecular formula is C13H18N4O. The average Bonchev–Trinajstić information content (AvgIpc) is 2.71. The molecule has 0 atom stereocenters. The lowest BCUT2D eigenvalue weighted by Gasteiger charge is -2.07. The number of ether oxygens (including phenoxy) is 1. The SMILES string of the molecule is C=C(C)COCCNc1nccc2c1ncn2C. The zero-order valence-corrected chi connectivity index (χ0v) is 10.8. The molecule has 2 heterocycles. The summed E-state index contributed by atoms with van der Waals surface area (Å²) in [6.45, 7) is 7.66. The molecule has 0 aromatic carbocycles. The third-order valence-corrected chi connectivity index (χ3v) is 2.53. The molecule has 5 nitrogen and oxygen atoms in total. The largest absolute Gasteiger partial charge is 0.375 e. The number of aromatic nitrogens is 3. The van der Waals surface area contributed by atoms with Gasteiger partial charge in [-0.15, -0.1) is 0 Å². The fraction of sp³-hybridized carbons (Fsp3) is 0.385. The van der Waals surface area contributed by atoms with Crippen molar-refractivity contribution in [3.8, 4) is 0 Å². The lowest BCUT2D eigenvalue weighted by Crippen LogP contribution is -2.11. The van der Waals surface area contributed by atoms with Crippen LogP contribution in [-0.4, -0.2) is 34.3 Å². The Bertz CT molecular complexity index is 547. The third kappa shape index (κ3) is 2.87. The Labute approximate surface area is 106 Å². The van der Waals surface area contributed by atoms with Crippen molar-refractivity contribution in [2.24, 2.45) is 7.05 Å². The van der Waals surface area contributed by atoms with Crippen molar-refractivity contribution in [1.82, 2.24) is 14.5 Å². The van der Waals surface area contributed by atoms with Gasteiger partial charge in [0.2, 0.25) is 0 Å². The van der Waals surface area contributed by atoms with Crippen LogP contribution in [0.2, 0.25) is 0 Å². The van der Waals surface area contributed by atoms with Gasteiger partial charge in [0.25, 0.3) is 0 Å². The minimum absolute atomic E-state index is 0.600. The van der Waals surface area contributed by atoms with Crippen LogP contribution in [-0.2, 0) is 11.8 Å². The van der Waals surface area contributed by atoms with E-state index >= 15 is 0 Å². The zero-order chi connectivity index (χ0) is 13.0. The number of rotatable bonds is 6. The van der Waals surface area contributed by atoms with Crippen molar-refractivity contribution >= 4 is 16.9 Å². The topological polar surface area (TPSA) is 52.0 Å². The number of anilines is 1. The van der Waals surface area contributed by atoms with Crippen LogP contribution in [0.15, 0.2) is 30.7 Å². The molecule has 0 aliphatic rings. The van der Waals surface area contributed by atoms with E-state index in [-0.39, 0.29) is 0 Å². The quantitative estimate of drug-likeness (QED) is 0.625. The molecule has 0 aliphatic carbocycles. The van der Waals surface area contributed by atoms with Crippen molar-refractivity contribution in [3.63, 3.8) is 0 Å². The second-order valence-electron chi connectivity index (χ2n) is 4.32. The molecule has 0 saturated carbocycles. The van der Waals surface area contributed by atoms with Crippen molar-refractivity contribution in [1.29, 1.82) is 0 Å². The Balaban J connectivity index is 1.93. The zero-order valence-electron chi connectivity index (χ0n) is 10.8. The first-order chi connectivity index (χ1) is 8.68. The average molecular weight is 246 g/mol. The molecule has 0 radical (unpaired) electrons. The van der Waals surface area contributed by atoms with Gasteiger partial charge in [0.15, 0.2) is 5.82 Å². The number of hydrogen-bond acceptors (Lipinski definition) is 4. The molecule has 96 valence electrons. The van der Waals surface area contributed by atoms with Crippen LogP contribution in [0.25, 0.3) is 11.0 Å². The van der Waals surface area contributed by atoms with E-state index in [1.165, 1.54) is 0 Å². The molecule has 2 aromatic heterocycles. The minimum atomic E-state index is 0.600. The van der Waals surface area contributed by atoms with Gasteiger partial charge in [0.1, 0.15) is 5.52 Å². The molecule has 0 spiro atoms. The minimum Gasteiger partial charge on any atom is -0.375 e. The molecule has 0 amide bonds. The van der Waals surface area contributed by atoms with Gasteiger partial charge in [-0.1, -0.05) is 12.2 Å². The van der Waals surface area contributed by atoms with Gasteiger partial charge in [-0.3, -0.25) is 0 Å². The molecule has 5 heteroatoms. The Morgan fingerprint density at radius 2 is 2.33 bits per heavy atom. The summed E-state index contributed by atoms with van der Waals surface area (Å²) in [5.41, 5.74) is 2.98. The highest BCUT2D eigenvalue weighted by Gasteiger charge is 2.05. The number of pyridine rings is 1. The van der Waals surface area contributed by atoms with Gasteiger partial charge >= 0.3 is 0 Å². The first kappa shape index (κ1) is 12.6. The molecule has 18 heavy (non-hydrogen) atoms. The highest BCUT2D eigenvalue weighted by Crippen LogP contribution is 2.17. The molecular weight excluding hydrogens is 228 g/mol. The summed E-state index contributed by atoms with van der Waals surface area (Å²) in [6.07, 6.45) is 3.57. The lowest BCUT2D eigenvalue weighted by molar-refractivity contribution is 0.167. The van der Waals surface area contributed by atoms with Crippen molar-refractivity contribution in [2.45, 2.75) is 6.92 Å². The van der Waals surface area contributed by atoms with Crippen molar-refractivity contribution in [3.05, 3.63) is 30.7 Å². The Kier molecular flexibility index (Phi) is 3.94. The number of hydrogen-bond donors (Lipinski definition) is 1. The maximum atomic E-state index is 5.42. The molecule has 1 N–H and O–H groups in total. The van der Waals surface area contributed by atoms with Crippen LogP contribution >= 0.6 is 0 Å². The van der Waals surface area contributed by atoms with Crippen LogP contribution in [0.3, 0.4) is 0 Å². The molecule has 0 bridgehead atoms. The van der Waals surface area contributed by atoms with E-state index < -0.39 is 0 Å². The number of fused-ring (bicyclic) bond motifs is 1. The van der Waals surface area contributed by atoms with Gasteiger partial charge in [0.05, 0.1) is 25.1 Å². The number of aryl methyl sites for hydroxylation is 1. The molecule has 0 unspecified atom stereocenters. The summed E-state index contributed by atoms with van der Waals surface area (Å²) in [5, 5.41) is 3.23. The van der Waals surface area contributed by atoms with E-state index in [1.54, 1.807) is 12.5 Å². The van der Waals surface area contributed by atoms with Gasteiger partial charge in [-0.25, -0.2) is 9.97 Å². The first-order valence-corrected chi connectivity index (χ1v) is 5.90. The summed E-state index contributed by atoms with van der Waals surface area (Å²) < 4.78 is 7.39. The summed E-state index contributed by atoms with van der Waals surface area (Å²) in [6, 6.07) is 1.95. The van der Waals surface area contributed by atoms with E-state index in [9.17, 15) is 0 Å². The fourth-order valence-corrected chi connectivity index (χ4v) is 1.68. The predicted octanol–water partition coefficient (Wildman–Crippen LogP) is 1.97. The Morgan fingerprint density at radius 3 is 3.11 bits per heavy atom. The summed E-state index contributed by atoms with van der Waals surface area (Å²) in [4.78, 5) is 8.62. The van der Waals surface area contributed by atoms with E-state index in [0.29, 0.717) is 19.8 Å². The predicted molar refractivity (Wildman–Crippen MR) is 72.6 cm³/mol. The molecule has 0 saturated heterocycles. The van der Waals surface area contributed by atoms with E-state index in [2.05, 4.69) is 21.9 Å². The monoisotopic (exact) mass is 246 g/mol. The smallest absolute Gasteiger partial charge is 0.154 e. The van der Waals surface area contributed by atoms with Gasteiger partial charge in [0, 0.05) is 19.8 Å². The highest BCUT2D eigenvalue weighted by atomic mass is 16.5. The first-order valence-electron chi connectivity index (χ1n) is 5.90. The molecule has 0 aliphatic heterocycles. The van der Waals surface area contributed by atoms with Gasteiger partial charge in [-0.05, 0) is 13.0 Å². The number of nitrogens with one attached hydrogen (secondary N) is 1. The van der Waals surface area contributed by atoms with Crippen LogP contribution in [0.5, 0.6) is 0 Å². The second-order valence-corrected chi connectivity index (χ2v) is 4.32. The Morgan fingerprint density at radius 1 is 1.50 bits per heavy atom. The van der Waals surface area contributed by atoms with Crippen molar-refractivity contribution < 1.29 is 4.74 Å². The van der Waals surface area contributed by atoms with Crippen LogP contribution in [0, 0.1) is 0 Å². The normalized spacial score (nSPS) is 10.8. The van der Waals surface area contributed by atoms with E-state index in [4.69, 9.17) is 4.74 Å².